The third-order valence-corrected chi connectivity index (χ3v) is 7.26. The van der Waals surface area contributed by atoms with Gasteiger partial charge in [0.1, 0.15) is 0 Å². The Bertz CT molecular complexity index is 1080. The van der Waals surface area contributed by atoms with E-state index in [4.69, 9.17) is 0 Å². The molecule has 0 fully saturated rings. The molecule has 0 saturated heterocycles. The van der Waals surface area contributed by atoms with Crippen LogP contribution in [0.4, 0.5) is 0 Å². The Kier molecular flexibility index (Phi) is 14.1. The highest BCUT2D eigenvalue weighted by Crippen LogP contribution is 2.40. The number of unbranched alkanes of at least 4 members (excludes halogenated alkanes) is 1. The number of rotatable bonds is 8. The molecule has 0 saturated carbocycles. The zero-order valence-corrected chi connectivity index (χ0v) is 26.0. The monoisotopic (exact) mass is 522 g/mol. The lowest BCUT2D eigenvalue weighted by Gasteiger charge is -2.33. The minimum Gasteiger partial charge on any atom is -0.0805 e. The minimum atomic E-state index is 0.449. The Morgan fingerprint density at radius 3 is 1.64 bits per heavy atom. The molecule has 39 heavy (non-hydrogen) atoms. The second kappa shape index (κ2) is 17.0. The number of benzene rings is 3. The van der Waals surface area contributed by atoms with Crippen molar-refractivity contribution in [3.05, 3.63) is 131 Å². The maximum Gasteiger partial charge on any atom is 0.00578 e. The Morgan fingerprint density at radius 1 is 0.692 bits per heavy atom. The first-order valence-electron chi connectivity index (χ1n) is 15.2. The topological polar surface area (TPSA) is 0 Å². The number of hydrogen-bond acceptors (Lipinski definition) is 0. The predicted octanol–water partition coefficient (Wildman–Crippen LogP) is 11.8. The van der Waals surface area contributed by atoms with Gasteiger partial charge in [0, 0.05) is 5.92 Å². The van der Waals surface area contributed by atoms with E-state index in [1.807, 2.05) is 6.07 Å². The molecule has 1 aliphatic carbocycles. The van der Waals surface area contributed by atoms with Crippen LogP contribution < -0.4 is 0 Å². The SMILES string of the molecule is CC(C)(C)C.CCCCC1C=CC(C(C)c2ccccc2)=CC1C(C)c1ccccc1.CCc1ccccc1. The van der Waals surface area contributed by atoms with Crippen LogP contribution in [0.15, 0.2) is 115 Å². The maximum absolute atomic E-state index is 2.58. The molecule has 0 radical (unpaired) electrons. The van der Waals surface area contributed by atoms with Crippen molar-refractivity contribution in [2.24, 2.45) is 17.3 Å². The summed E-state index contributed by atoms with van der Waals surface area (Å²) in [5.74, 6) is 2.22. The van der Waals surface area contributed by atoms with E-state index in [0.29, 0.717) is 29.1 Å². The van der Waals surface area contributed by atoms with Gasteiger partial charge in [-0.25, -0.2) is 0 Å². The fourth-order valence-electron chi connectivity index (χ4n) is 4.92. The molecule has 0 aliphatic heterocycles. The molecule has 0 amide bonds. The summed E-state index contributed by atoms with van der Waals surface area (Å²) in [5.41, 5.74) is 6.24. The minimum absolute atomic E-state index is 0.449. The summed E-state index contributed by atoms with van der Waals surface area (Å²) in [6.07, 6.45) is 12.5. The highest BCUT2D eigenvalue weighted by atomic mass is 14.3. The van der Waals surface area contributed by atoms with Gasteiger partial charge in [0.25, 0.3) is 0 Å². The van der Waals surface area contributed by atoms with Crippen LogP contribution in [-0.2, 0) is 6.42 Å². The quantitative estimate of drug-likeness (QED) is 0.276. The highest BCUT2D eigenvalue weighted by Gasteiger charge is 2.28. The zero-order valence-electron chi connectivity index (χ0n) is 26.0. The Hall–Kier alpha value is -2.86. The summed E-state index contributed by atoms with van der Waals surface area (Å²) >= 11 is 0. The van der Waals surface area contributed by atoms with Crippen LogP contribution in [0.1, 0.15) is 103 Å². The molecular weight excluding hydrogens is 468 g/mol. The molecule has 0 aromatic heterocycles. The van der Waals surface area contributed by atoms with E-state index in [9.17, 15) is 0 Å². The number of aryl methyl sites for hydroxylation is 1. The van der Waals surface area contributed by atoms with Crippen LogP contribution >= 0.6 is 0 Å². The molecule has 4 rings (SSSR count). The van der Waals surface area contributed by atoms with Gasteiger partial charge in [0.2, 0.25) is 0 Å². The first kappa shape index (κ1) is 32.4. The largest absolute Gasteiger partial charge is 0.0805 e. The normalized spacial score (nSPS) is 18.0. The van der Waals surface area contributed by atoms with Crippen LogP contribution in [0.5, 0.6) is 0 Å². The average Bonchev–Trinajstić information content (AvgIpc) is 2.96. The van der Waals surface area contributed by atoms with Crippen molar-refractivity contribution in [2.45, 2.75) is 92.9 Å². The lowest BCUT2D eigenvalue weighted by molar-refractivity contribution is 0.376. The molecule has 1 aliphatic rings. The van der Waals surface area contributed by atoms with E-state index in [1.165, 1.54) is 41.5 Å². The second-order valence-corrected chi connectivity index (χ2v) is 12.6. The van der Waals surface area contributed by atoms with E-state index in [-0.39, 0.29) is 0 Å². The van der Waals surface area contributed by atoms with Gasteiger partial charge in [-0.1, -0.05) is 177 Å². The summed E-state index contributed by atoms with van der Waals surface area (Å²) in [6.45, 7) is 17.9. The molecule has 0 spiro atoms. The Balaban J connectivity index is 0.000000337. The summed E-state index contributed by atoms with van der Waals surface area (Å²) in [4.78, 5) is 0. The summed E-state index contributed by atoms with van der Waals surface area (Å²) in [7, 11) is 0. The summed E-state index contributed by atoms with van der Waals surface area (Å²) in [5, 5.41) is 0. The van der Waals surface area contributed by atoms with E-state index >= 15 is 0 Å². The Morgan fingerprint density at radius 2 is 1.18 bits per heavy atom. The molecular formula is C39H54. The van der Waals surface area contributed by atoms with Gasteiger partial charge in [-0.2, -0.15) is 0 Å². The van der Waals surface area contributed by atoms with Gasteiger partial charge in [-0.15, -0.1) is 0 Å². The van der Waals surface area contributed by atoms with E-state index in [1.54, 1.807) is 0 Å². The second-order valence-electron chi connectivity index (χ2n) is 12.6. The van der Waals surface area contributed by atoms with Crippen LogP contribution in [-0.4, -0.2) is 0 Å². The average molecular weight is 523 g/mol. The van der Waals surface area contributed by atoms with Gasteiger partial charge >= 0.3 is 0 Å². The summed E-state index contributed by atoms with van der Waals surface area (Å²) < 4.78 is 0. The Labute approximate surface area is 241 Å². The molecule has 4 atom stereocenters. The van der Waals surface area contributed by atoms with Crippen molar-refractivity contribution in [2.75, 3.05) is 0 Å². The van der Waals surface area contributed by atoms with Crippen molar-refractivity contribution in [1.29, 1.82) is 0 Å². The molecule has 0 bridgehead atoms. The third kappa shape index (κ3) is 12.2. The lowest BCUT2D eigenvalue weighted by Crippen LogP contribution is -2.21. The lowest BCUT2D eigenvalue weighted by atomic mass is 9.72. The van der Waals surface area contributed by atoms with Crippen LogP contribution in [0, 0.1) is 17.3 Å². The van der Waals surface area contributed by atoms with Crippen LogP contribution in [0.3, 0.4) is 0 Å². The third-order valence-electron chi connectivity index (χ3n) is 7.26. The van der Waals surface area contributed by atoms with Crippen LogP contribution in [0.2, 0.25) is 0 Å². The van der Waals surface area contributed by atoms with Crippen molar-refractivity contribution >= 4 is 0 Å². The van der Waals surface area contributed by atoms with Crippen molar-refractivity contribution in [1.82, 2.24) is 0 Å². The summed E-state index contributed by atoms with van der Waals surface area (Å²) in [6, 6.07) is 32.4. The molecule has 0 nitrogen and oxygen atoms in total. The molecule has 3 aromatic rings. The highest BCUT2D eigenvalue weighted by molar-refractivity contribution is 5.38. The fourth-order valence-corrected chi connectivity index (χ4v) is 4.92. The molecule has 210 valence electrons. The smallest absolute Gasteiger partial charge is 0.00578 e. The number of allylic oxidation sites excluding steroid dienone is 4. The van der Waals surface area contributed by atoms with Crippen molar-refractivity contribution < 1.29 is 0 Å². The van der Waals surface area contributed by atoms with Gasteiger partial charge in [0.15, 0.2) is 0 Å². The molecule has 0 heterocycles. The van der Waals surface area contributed by atoms with Crippen LogP contribution in [0.25, 0.3) is 0 Å². The first-order chi connectivity index (χ1) is 18.6. The predicted molar refractivity (Wildman–Crippen MR) is 174 cm³/mol. The molecule has 0 N–H and O–H groups in total. The van der Waals surface area contributed by atoms with E-state index in [2.05, 4.69) is 159 Å². The molecule has 4 unspecified atom stereocenters. The van der Waals surface area contributed by atoms with Gasteiger partial charge < -0.3 is 0 Å². The fraction of sp³-hybridized carbons (Fsp3) is 0.436. The van der Waals surface area contributed by atoms with Gasteiger partial charge in [-0.3, -0.25) is 0 Å². The van der Waals surface area contributed by atoms with Crippen molar-refractivity contribution in [3.8, 4) is 0 Å². The van der Waals surface area contributed by atoms with Gasteiger partial charge in [-0.05, 0) is 58.3 Å². The zero-order chi connectivity index (χ0) is 28.7. The van der Waals surface area contributed by atoms with Crippen molar-refractivity contribution in [3.63, 3.8) is 0 Å². The number of hydrogen-bond donors (Lipinski definition) is 0. The standard InChI is InChI=1S/C26H32.C8H10.C5H12/c1-4-5-12-24-17-18-25(20(2)22-13-8-6-9-14-22)19-26(24)21(3)23-15-10-7-11-16-23;1-2-8-6-4-3-5-7-8;1-5(2,3)4/h6-11,13-21,24,26H,4-5,12H2,1-3H3;3-7H,2H2,1H3;1-4H3. The maximum atomic E-state index is 2.58. The van der Waals surface area contributed by atoms with E-state index < -0.39 is 0 Å². The first-order valence-corrected chi connectivity index (χ1v) is 15.2. The van der Waals surface area contributed by atoms with E-state index in [0.717, 1.165) is 6.42 Å². The molecule has 0 heteroatoms. The van der Waals surface area contributed by atoms with Gasteiger partial charge in [0.05, 0.1) is 0 Å². The molecule has 3 aromatic carbocycles.